The Balaban J connectivity index is 0.00000165. The molecule has 160 valence electrons. The van der Waals surface area contributed by atoms with Gasteiger partial charge >= 0.3 is 0 Å². The highest BCUT2D eigenvalue weighted by molar-refractivity contribution is 8.00. The van der Waals surface area contributed by atoms with Crippen molar-refractivity contribution in [3.05, 3.63) is 0 Å². The molecule has 1 saturated heterocycles. The Morgan fingerprint density at radius 2 is 1.79 bits per heavy atom. The third kappa shape index (κ3) is 11.5. The van der Waals surface area contributed by atoms with E-state index in [9.17, 15) is 14.4 Å². The SMILES string of the molecule is CC#CC(N)CSC1CC(=O)N(CCCCCC(=O)C(C)C)C1=O.CC(C)C. The van der Waals surface area contributed by atoms with Gasteiger partial charge in [-0.15, -0.1) is 17.7 Å². The minimum absolute atomic E-state index is 0.0771. The maximum atomic E-state index is 12.3. The van der Waals surface area contributed by atoms with Crippen molar-refractivity contribution in [1.29, 1.82) is 0 Å². The lowest BCUT2D eigenvalue weighted by Gasteiger charge is -2.15. The summed E-state index contributed by atoms with van der Waals surface area (Å²) in [5.74, 6) is 7.11. The molecule has 0 saturated carbocycles. The number of carbonyl (C=O) groups excluding carboxylic acids is 3. The molecule has 2 N–H and O–H groups in total. The summed E-state index contributed by atoms with van der Waals surface area (Å²) in [5.41, 5.74) is 5.80. The van der Waals surface area contributed by atoms with Gasteiger partial charge in [-0.05, 0) is 25.7 Å². The van der Waals surface area contributed by atoms with Crippen LogP contribution < -0.4 is 5.73 Å². The first-order valence-corrected chi connectivity index (χ1v) is 11.3. The molecule has 1 aliphatic heterocycles. The molecule has 28 heavy (non-hydrogen) atoms. The number of amides is 2. The number of likely N-dealkylation sites (tertiary alicyclic amines) is 1. The van der Waals surface area contributed by atoms with Crippen LogP contribution in [0.3, 0.4) is 0 Å². The maximum absolute atomic E-state index is 12.3. The number of nitrogens with two attached hydrogens (primary N) is 1. The molecule has 6 heteroatoms. The highest BCUT2D eigenvalue weighted by Crippen LogP contribution is 2.26. The topological polar surface area (TPSA) is 80.5 Å². The molecule has 0 radical (unpaired) electrons. The fraction of sp³-hybridized carbons (Fsp3) is 0.773. The average Bonchev–Trinajstić information content (AvgIpc) is 2.86. The first-order valence-electron chi connectivity index (χ1n) is 10.3. The Kier molecular flexibility index (Phi) is 14.0. The van der Waals surface area contributed by atoms with Crippen molar-refractivity contribution in [2.24, 2.45) is 17.6 Å². The third-order valence-corrected chi connectivity index (χ3v) is 5.28. The minimum Gasteiger partial charge on any atom is -0.317 e. The molecule has 0 bridgehead atoms. The van der Waals surface area contributed by atoms with Gasteiger partial charge in [-0.1, -0.05) is 47.0 Å². The van der Waals surface area contributed by atoms with Crippen molar-refractivity contribution in [1.82, 2.24) is 4.90 Å². The Bertz CT molecular complexity index is 561. The smallest absolute Gasteiger partial charge is 0.242 e. The van der Waals surface area contributed by atoms with Crippen LogP contribution >= 0.6 is 11.8 Å². The van der Waals surface area contributed by atoms with Crippen molar-refractivity contribution in [3.8, 4) is 11.8 Å². The van der Waals surface area contributed by atoms with Crippen LogP contribution in [-0.2, 0) is 14.4 Å². The first-order chi connectivity index (χ1) is 13.1. The number of ketones is 1. The van der Waals surface area contributed by atoms with Crippen LogP contribution in [0.15, 0.2) is 0 Å². The third-order valence-electron chi connectivity index (χ3n) is 3.96. The number of unbranched alkanes of at least 4 members (excludes halogenated alkanes) is 2. The molecular formula is C22H38N2O3S. The predicted molar refractivity (Wildman–Crippen MR) is 118 cm³/mol. The van der Waals surface area contributed by atoms with E-state index >= 15 is 0 Å². The quantitative estimate of drug-likeness (QED) is 0.338. The van der Waals surface area contributed by atoms with E-state index in [4.69, 9.17) is 5.73 Å². The van der Waals surface area contributed by atoms with E-state index in [2.05, 4.69) is 32.6 Å². The molecule has 1 rings (SSSR count). The molecule has 1 heterocycles. The van der Waals surface area contributed by atoms with Gasteiger partial charge in [-0.2, -0.15) is 0 Å². The Labute approximate surface area is 175 Å². The van der Waals surface area contributed by atoms with Crippen molar-refractivity contribution in [2.45, 2.75) is 84.9 Å². The number of carbonyl (C=O) groups is 3. The number of hydrogen-bond donors (Lipinski definition) is 1. The van der Waals surface area contributed by atoms with Gasteiger partial charge in [0, 0.05) is 31.1 Å². The van der Waals surface area contributed by atoms with Gasteiger partial charge < -0.3 is 5.73 Å². The van der Waals surface area contributed by atoms with E-state index < -0.39 is 0 Å². The van der Waals surface area contributed by atoms with E-state index in [-0.39, 0.29) is 41.2 Å². The fourth-order valence-corrected chi connectivity index (χ4v) is 3.55. The van der Waals surface area contributed by atoms with Gasteiger partial charge in [0.25, 0.3) is 0 Å². The van der Waals surface area contributed by atoms with Crippen LogP contribution in [0.1, 0.15) is 73.6 Å². The fourth-order valence-electron chi connectivity index (χ4n) is 2.50. The molecule has 0 spiro atoms. The predicted octanol–water partition coefficient (Wildman–Crippen LogP) is 3.65. The second-order valence-electron chi connectivity index (χ2n) is 8.07. The summed E-state index contributed by atoms with van der Waals surface area (Å²) in [6.07, 6.45) is 3.25. The van der Waals surface area contributed by atoms with Gasteiger partial charge in [-0.3, -0.25) is 19.3 Å². The van der Waals surface area contributed by atoms with Crippen molar-refractivity contribution >= 4 is 29.4 Å². The van der Waals surface area contributed by atoms with Gasteiger partial charge in [0.1, 0.15) is 5.78 Å². The lowest BCUT2D eigenvalue weighted by Crippen LogP contribution is -2.32. The van der Waals surface area contributed by atoms with Gasteiger partial charge in [0.05, 0.1) is 11.3 Å². The lowest BCUT2D eigenvalue weighted by molar-refractivity contribution is -0.138. The molecule has 2 amide bonds. The van der Waals surface area contributed by atoms with Gasteiger partial charge in [-0.25, -0.2) is 0 Å². The zero-order chi connectivity index (χ0) is 21.7. The lowest BCUT2D eigenvalue weighted by atomic mass is 10.0. The molecule has 0 aromatic rings. The Hall–Kier alpha value is -1.32. The summed E-state index contributed by atoms with van der Waals surface area (Å²) in [6, 6.07) is -0.268. The Morgan fingerprint density at radius 3 is 2.32 bits per heavy atom. The Morgan fingerprint density at radius 1 is 1.18 bits per heavy atom. The largest absolute Gasteiger partial charge is 0.317 e. The van der Waals surface area contributed by atoms with E-state index in [1.54, 1.807) is 6.92 Å². The van der Waals surface area contributed by atoms with Crippen LogP contribution in [0.25, 0.3) is 0 Å². The molecule has 1 aliphatic rings. The van der Waals surface area contributed by atoms with Crippen molar-refractivity contribution < 1.29 is 14.4 Å². The molecule has 0 aliphatic carbocycles. The molecule has 0 aromatic heterocycles. The molecule has 1 fully saturated rings. The monoisotopic (exact) mass is 410 g/mol. The van der Waals surface area contributed by atoms with Crippen molar-refractivity contribution in [2.75, 3.05) is 12.3 Å². The molecule has 2 unspecified atom stereocenters. The minimum atomic E-state index is -0.329. The maximum Gasteiger partial charge on any atom is 0.242 e. The number of imide groups is 1. The summed E-state index contributed by atoms with van der Waals surface area (Å²) in [6.45, 7) is 12.5. The highest BCUT2D eigenvalue weighted by Gasteiger charge is 2.38. The van der Waals surface area contributed by atoms with Crippen LogP contribution in [-0.4, -0.2) is 46.1 Å². The summed E-state index contributed by atoms with van der Waals surface area (Å²) in [5, 5.41) is -0.329. The van der Waals surface area contributed by atoms with Gasteiger partial charge in [0.2, 0.25) is 11.8 Å². The second kappa shape index (κ2) is 14.6. The van der Waals surface area contributed by atoms with Crippen LogP contribution in [0, 0.1) is 23.7 Å². The summed E-state index contributed by atoms with van der Waals surface area (Å²) in [7, 11) is 0. The average molecular weight is 411 g/mol. The van der Waals surface area contributed by atoms with Crippen molar-refractivity contribution in [3.63, 3.8) is 0 Å². The second-order valence-corrected chi connectivity index (χ2v) is 9.31. The van der Waals surface area contributed by atoms with Crippen LogP contribution in [0.4, 0.5) is 0 Å². The summed E-state index contributed by atoms with van der Waals surface area (Å²) < 4.78 is 0. The number of Topliss-reactive ketones (excluding diaryl/α,β-unsaturated/α-hetero) is 1. The summed E-state index contributed by atoms with van der Waals surface area (Å²) in [4.78, 5) is 37.2. The zero-order valence-corrected chi connectivity index (χ0v) is 19.2. The zero-order valence-electron chi connectivity index (χ0n) is 18.4. The standard InChI is InChI=1S/C18H28N2O3S.C4H10/c1-4-8-14(19)12-24-16-11-17(22)20(18(16)23)10-7-5-6-9-15(21)13(2)3;1-4(2)3/h13-14,16H,5-7,9-12,19H2,1-3H3;4H,1-3H3. The molecular weight excluding hydrogens is 372 g/mol. The highest BCUT2D eigenvalue weighted by atomic mass is 32.2. The molecule has 2 atom stereocenters. The number of nitrogens with zero attached hydrogens (tertiary/aromatic N) is 1. The number of rotatable bonds is 10. The van der Waals surface area contributed by atoms with E-state index in [1.165, 1.54) is 16.7 Å². The summed E-state index contributed by atoms with van der Waals surface area (Å²) >= 11 is 1.41. The van der Waals surface area contributed by atoms with Gasteiger partial charge in [0.15, 0.2) is 0 Å². The van der Waals surface area contributed by atoms with E-state index in [0.717, 1.165) is 25.2 Å². The van der Waals surface area contributed by atoms with E-state index in [1.807, 2.05) is 13.8 Å². The number of hydrogen-bond acceptors (Lipinski definition) is 5. The normalized spacial score (nSPS) is 17.3. The number of thioether (sulfide) groups is 1. The van der Waals surface area contributed by atoms with Crippen LogP contribution in [0.2, 0.25) is 0 Å². The first kappa shape index (κ1) is 26.7. The van der Waals surface area contributed by atoms with Crippen LogP contribution in [0.5, 0.6) is 0 Å². The molecule has 5 nitrogen and oxygen atoms in total. The van der Waals surface area contributed by atoms with E-state index in [0.29, 0.717) is 18.7 Å². The molecule has 0 aromatic carbocycles.